The highest BCUT2D eigenvalue weighted by Gasteiger charge is 2.32. The second kappa shape index (κ2) is 8.15. The third-order valence-corrected chi connectivity index (χ3v) is 8.16. The zero-order valence-electron chi connectivity index (χ0n) is 14.1. The molecule has 1 N–H and O–H groups in total. The lowest BCUT2D eigenvalue weighted by Gasteiger charge is -2.30. The van der Waals surface area contributed by atoms with Crippen molar-refractivity contribution in [2.45, 2.75) is 30.4 Å². The molecule has 142 valence electrons. The fraction of sp³-hybridized carbons (Fsp3) is 0.533. The predicted octanol–water partition coefficient (Wildman–Crippen LogP) is 1.96. The molecule has 2 aromatic heterocycles. The van der Waals surface area contributed by atoms with E-state index in [4.69, 9.17) is 4.52 Å². The Morgan fingerprint density at radius 3 is 2.73 bits per heavy atom. The van der Waals surface area contributed by atoms with Gasteiger partial charge in [0.15, 0.2) is 5.82 Å². The SMILES string of the molecule is Cc1noc(CCNC(=O)C2CCN(S(=O)(=O)c3ccc(Br)s3)CC2)n1. The van der Waals surface area contributed by atoms with Gasteiger partial charge in [0.2, 0.25) is 11.8 Å². The van der Waals surface area contributed by atoms with E-state index in [-0.39, 0.29) is 11.8 Å². The Hall–Kier alpha value is -1.30. The minimum atomic E-state index is -3.48. The summed E-state index contributed by atoms with van der Waals surface area (Å²) in [6, 6.07) is 3.32. The molecule has 0 spiro atoms. The van der Waals surface area contributed by atoms with Crippen LogP contribution in [0.5, 0.6) is 0 Å². The van der Waals surface area contributed by atoms with Crippen LogP contribution in [0.15, 0.2) is 24.7 Å². The van der Waals surface area contributed by atoms with E-state index < -0.39 is 10.0 Å². The van der Waals surface area contributed by atoms with E-state index in [1.54, 1.807) is 19.1 Å². The molecule has 26 heavy (non-hydrogen) atoms. The lowest BCUT2D eigenvalue weighted by Crippen LogP contribution is -2.43. The first-order valence-corrected chi connectivity index (χ1v) is 11.2. The zero-order valence-corrected chi connectivity index (χ0v) is 17.4. The molecule has 0 aliphatic carbocycles. The molecule has 0 saturated carbocycles. The van der Waals surface area contributed by atoms with Gasteiger partial charge >= 0.3 is 0 Å². The summed E-state index contributed by atoms with van der Waals surface area (Å²) in [4.78, 5) is 16.4. The fourth-order valence-electron chi connectivity index (χ4n) is 2.80. The van der Waals surface area contributed by atoms with Crippen LogP contribution in [-0.2, 0) is 21.2 Å². The molecule has 1 aliphatic rings. The maximum atomic E-state index is 12.6. The van der Waals surface area contributed by atoms with E-state index in [2.05, 4.69) is 31.4 Å². The smallest absolute Gasteiger partial charge is 0.252 e. The van der Waals surface area contributed by atoms with Gasteiger partial charge in [-0.1, -0.05) is 5.16 Å². The highest BCUT2D eigenvalue weighted by molar-refractivity contribution is 9.11. The van der Waals surface area contributed by atoms with E-state index in [0.717, 1.165) is 3.79 Å². The molecule has 0 atom stereocenters. The van der Waals surface area contributed by atoms with Crippen LogP contribution < -0.4 is 5.32 Å². The molecule has 0 radical (unpaired) electrons. The Labute approximate surface area is 164 Å². The van der Waals surface area contributed by atoms with Gasteiger partial charge in [0.05, 0.1) is 3.79 Å². The van der Waals surface area contributed by atoms with Gasteiger partial charge in [0.1, 0.15) is 4.21 Å². The highest BCUT2D eigenvalue weighted by Crippen LogP contribution is 2.30. The first-order chi connectivity index (χ1) is 12.4. The van der Waals surface area contributed by atoms with E-state index in [1.165, 1.54) is 15.6 Å². The normalized spacial score (nSPS) is 16.7. The van der Waals surface area contributed by atoms with Gasteiger partial charge in [-0.05, 0) is 47.8 Å². The van der Waals surface area contributed by atoms with Crippen LogP contribution in [0.4, 0.5) is 0 Å². The molecule has 1 saturated heterocycles. The van der Waals surface area contributed by atoms with Gasteiger partial charge in [-0.25, -0.2) is 8.42 Å². The fourth-order valence-corrected chi connectivity index (χ4v) is 6.43. The van der Waals surface area contributed by atoms with Gasteiger partial charge in [-0.2, -0.15) is 9.29 Å². The summed E-state index contributed by atoms with van der Waals surface area (Å²) >= 11 is 4.48. The van der Waals surface area contributed by atoms with Gasteiger partial charge < -0.3 is 9.84 Å². The van der Waals surface area contributed by atoms with Crippen LogP contribution in [0, 0.1) is 12.8 Å². The largest absolute Gasteiger partial charge is 0.355 e. The predicted molar refractivity (Wildman–Crippen MR) is 99.3 cm³/mol. The molecule has 0 unspecified atom stereocenters. The third-order valence-electron chi connectivity index (χ3n) is 4.18. The molecule has 3 rings (SSSR count). The molecule has 1 aliphatic heterocycles. The Balaban J connectivity index is 1.47. The number of nitrogens with zero attached hydrogens (tertiary/aromatic N) is 3. The number of carbonyl (C=O) groups is 1. The van der Waals surface area contributed by atoms with E-state index in [9.17, 15) is 13.2 Å². The number of rotatable bonds is 6. The van der Waals surface area contributed by atoms with Crippen LogP contribution in [0.3, 0.4) is 0 Å². The van der Waals surface area contributed by atoms with E-state index in [1.807, 2.05) is 0 Å². The standard InChI is InChI=1S/C15H19BrN4O4S2/c1-10-18-13(24-19-10)4-7-17-15(21)11-5-8-20(9-6-11)26(22,23)14-3-2-12(16)25-14/h2-3,11H,4-9H2,1H3,(H,17,21). The molecule has 0 bridgehead atoms. The number of piperidine rings is 1. The van der Waals surface area contributed by atoms with Gasteiger partial charge in [0.25, 0.3) is 10.0 Å². The lowest BCUT2D eigenvalue weighted by atomic mass is 9.97. The number of aromatic nitrogens is 2. The molecule has 11 heteroatoms. The van der Waals surface area contributed by atoms with Crippen molar-refractivity contribution in [3.63, 3.8) is 0 Å². The first-order valence-electron chi connectivity index (χ1n) is 8.18. The zero-order chi connectivity index (χ0) is 18.7. The summed E-state index contributed by atoms with van der Waals surface area (Å²) in [7, 11) is -3.48. The number of aryl methyl sites for hydroxylation is 1. The van der Waals surface area contributed by atoms with Crippen molar-refractivity contribution in [1.82, 2.24) is 19.8 Å². The highest BCUT2D eigenvalue weighted by atomic mass is 79.9. The Morgan fingerprint density at radius 1 is 1.42 bits per heavy atom. The third kappa shape index (κ3) is 4.51. The number of thiophene rings is 1. The summed E-state index contributed by atoms with van der Waals surface area (Å²) in [5.41, 5.74) is 0. The van der Waals surface area contributed by atoms with Crippen molar-refractivity contribution in [3.05, 3.63) is 27.6 Å². The van der Waals surface area contributed by atoms with Gasteiger partial charge in [-0.15, -0.1) is 11.3 Å². The van der Waals surface area contributed by atoms with Crippen LogP contribution in [0.25, 0.3) is 0 Å². The van der Waals surface area contributed by atoms with Crippen molar-refractivity contribution in [2.24, 2.45) is 5.92 Å². The summed E-state index contributed by atoms with van der Waals surface area (Å²) in [6.45, 7) is 2.85. The van der Waals surface area contributed by atoms with Crippen molar-refractivity contribution in [1.29, 1.82) is 0 Å². The topological polar surface area (TPSA) is 105 Å². The second-order valence-electron chi connectivity index (χ2n) is 6.01. The average molecular weight is 463 g/mol. The minimum Gasteiger partial charge on any atom is -0.355 e. The van der Waals surface area contributed by atoms with Gasteiger partial charge in [0, 0.05) is 32.0 Å². The maximum Gasteiger partial charge on any atom is 0.252 e. The summed E-state index contributed by atoms with van der Waals surface area (Å²) in [6.07, 6.45) is 1.50. The van der Waals surface area contributed by atoms with Crippen molar-refractivity contribution in [2.75, 3.05) is 19.6 Å². The van der Waals surface area contributed by atoms with Crippen LogP contribution >= 0.6 is 27.3 Å². The van der Waals surface area contributed by atoms with Crippen molar-refractivity contribution < 1.29 is 17.7 Å². The monoisotopic (exact) mass is 462 g/mol. The Morgan fingerprint density at radius 2 is 2.15 bits per heavy atom. The number of carbonyl (C=O) groups excluding carboxylic acids is 1. The second-order valence-corrected chi connectivity index (χ2v) is 10.6. The van der Waals surface area contributed by atoms with E-state index >= 15 is 0 Å². The van der Waals surface area contributed by atoms with Crippen molar-refractivity contribution >= 4 is 43.2 Å². The minimum absolute atomic E-state index is 0.0582. The summed E-state index contributed by atoms with van der Waals surface area (Å²) < 4.78 is 32.8. The summed E-state index contributed by atoms with van der Waals surface area (Å²) in [5, 5.41) is 6.56. The summed E-state index contributed by atoms with van der Waals surface area (Å²) in [5.74, 6) is 0.821. The Bertz CT molecular complexity index is 872. The number of halogens is 1. The number of sulfonamides is 1. The molecule has 1 amide bonds. The van der Waals surface area contributed by atoms with Gasteiger partial charge in [-0.3, -0.25) is 4.79 Å². The first kappa shape index (κ1) is 19.5. The lowest BCUT2D eigenvalue weighted by molar-refractivity contribution is -0.126. The molecular weight excluding hydrogens is 444 g/mol. The van der Waals surface area contributed by atoms with Crippen LogP contribution in [-0.4, -0.2) is 48.4 Å². The van der Waals surface area contributed by atoms with Crippen molar-refractivity contribution in [3.8, 4) is 0 Å². The number of hydrogen-bond acceptors (Lipinski definition) is 7. The molecule has 0 aromatic carbocycles. The molecule has 1 fully saturated rings. The number of amides is 1. The molecular formula is C15H19BrN4O4S2. The number of hydrogen-bond donors (Lipinski definition) is 1. The maximum absolute atomic E-state index is 12.6. The molecule has 3 heterocycles. The van der Waals surface area contributed by atoms with Crippen LogP contribution in [0.2, 0.25) is 0 Å². The average Bonchev–Trinajstić information content (AvgIpc) is 3.23. The molecule has 8 nitrogen and oxygen atoms in total. The molecule has 2 aromatic rings. The Kier molecular flexibility index (Phi) is 6.10. The quantitative estimate of drug-likeness (QED) is 0.702. The van der Waals surface area contributed by atoms with Crippen LogP contribution in [0.1, 0.15) is 24.6 Å². The number of nitrogens with one attached hydrogen (secondary N) is 1. The van der Waals surface area contributed by atoms with E-state index in [0.29, 0.717) is 54.8 Å².